The fraction of sp³-hybridized carbons (Fsp3) is 0.118. The molecule has 0 aliphatic heterocycles. The van der Waals surface area contributed by atoms with Gasteiger partial charge in [-0.2, -0.15) is 0 Å². The van der Waals surface area contributed by atoms with E-state index < -0.39 is 0 Å². The second-order valence-corrected chi connectivity index (χ2v) is 4.70. The van der Waals surface area contributed by atoms with Crippen molar-refractivity contribution < 1.29 is 4.74 Å². The highest BCUT2D eigenvalue weighted by Crippen LogP contribution is 2.24. The number of hydrogen-bond donors (Lipinski definition) is 1. The van der Waals surface area contributed by atoms with Crippen LogP contribution in [0.5, 0.6) is 5.75 Å². The molecule has 0 amide bonds. The van der Waals surface area contributed by atoms with Crippen LogP contribution in [-0.2, 0) is 0 Å². The summed E-state index contributed by atoms with van der Waals surface area (Å²) in [7, 11) is 1.66. The number of halogens is 1. The number of fused-ring (bicyclic) bond motifs is 1. The number of benzene rings is 2. The summed E-state index contributed by atoms with van der Waals surface area (Å²) in [6.45, 7) is 2.10. The number of pyridine rings is 1. The van der Waals surface area contributed by atoms with Crippen LogP contribution < -0.4 is 10.1 Å². The van der Waals surface area contributed by atoms with Gasteiger partial charge < -0.3 is 10.1 Å². The summed E-state index contributed by atoms with van der Waals surface area (Å²) in [6, 6.07) is 18.0. The van der Waals surface area contributed by atoms with E-state index in [-0.39, 0.29) is 12.4 Å². The molecule has 1 heterocycles. The molecule has 0 bridgehead atoms. The molecule has 0 aliphatic carbocycles. The highest BCUT2D eigenvalue weighted by atomic mass is 35.5. The minimum Gasteiger partial charge on any atom is -0.497 e. The van der Waals surface area contributed by atoms with Crippen molar-refractivity contribution in [3.05, 3.63) is 60.2 Å². The van der Waals surface area contributed by atoms with Gasteiger partial charge in [0.15, 0.2) is 0 Å². The van der Waals surface area contributed by atoms with E-state index >= 15 is 0 Å². The van der Waals surface area contributed by atoms with Crippen LogP contribution >= 0.6 is 12.4 Å². The van der Waals surface area contributed by atoms with Crippen LogP contribution in [0.2, 0.25) is 0 Å². The lowest BCUT2D eigenvalue weighted by Gasteiger charge is -2.10. The molecular weight excluding hydrogens is 284 g/mol. The number of aromatic nitrogens is 1. The quantitative estimate of drug-likeness (QED) is 0.760. The van der Waals surface area contributed by atoms with Gasteiger partial charge in [0.2, 0.25) is 0 Å². The average Bonchev–Trinajstić information content (AvgIpc) is 2.47. The predicted molar refractivity (Wildman–Crippen MR) is 90.0 cm³/mol. The molecular formula is C17H17ClN2O. The summed E-state index contributed by atoms with van der Waals surface area (Å²) in [4.78, 5) is 4.63. The van der Waals surface area contributed by atoms with Gasteiger partial charge in [0.05, 0.1) is 12.6 Å². The van der Waals surface area contributed by atoms with Crippen LogP contribution in [0.15, 0.2) is 54.6 Å². The Morgan fingerprint density at radius 1 is 1.00 bits per heavy atom. The van der Waals surface area contributed by atoms with Crippen LogP contribution in [0, 0.1) is 6.92 Å². The van der Waals surface area contributed by atoms with Crippen molar-refractivity contribution in [1.29, 1.82) is 0 Å². The zero-order valence-electron chi connectivity index (χ0n) is 12.0. The number of ether oxygens (including phenoxy) is 1. The van der Waals surface area contributed by atoms with Crippen LogP contribution in [0.3, 0.4) is 0 Å². The third-order valence-corrected chi connectivity index (χ3v) is 3.27. The normalized spacial score (nSPS) is 10.0. The molecule has 0 spiro atoms. The molecule has 1 aromatic heterocycles. The van der Waals surface area contributed by atoms with Crippen molar-refractivity contribution >= 4 is 34.8 Å². The third-order valence-electron chi connectivity index (χ3n) is 3.27. The Labute approximate surface area is 130 Å². The second kappa shape index (κ2) is 6.46. The molecule has 0 saturated heterocycles. The van der Waals surface area contributed by atoms with Crippen LogP contribution in [0.1, 0.15) is 5.56 Å². The van der Waals surface area contributed by atoms with Gasteiger partial charge >= 0.3 is 0 Å². The Morgan fingerprint density at radius 3 is 2.62 bits per heavy atom. The van der Waals surface area contributed by atoms with E-state index in [1.165, 1.54) is 10.9 Å². The molecule has 0 fully saturated rings. The molecule has 108 valence electrons. The van der Waals surface area contributed by atoms with E-state index in [4.69, 9.17) is 4.74 Å². The number of anilines is 2. The minimum absolute atomic E-state index is 0. The Kier molecular flexibility index (Phi) is 4.66. The molecule has 3 nitrogen and oxygen atoms in total. The number of para-hydroxylation sites is 1. The molecule has 4 heteroatoms. The van der Waals surface area contributed by atoms with E-state index in [1.807, 2.05) is 42.5 Å². The number of methoxy groups -OCH3 is 1. The fourth-order valence-corrected chi connectivity index (χ4v) is 2.26. The Bertz CT molecular complexity index is 759. The summed E-state index contributed by atoms with van der Waals surface area (Å²) in [5.74, 6) is 1.67. The Balaban J connectivity index is 0.00000161. The third kappa shape index (κ3) is 3.26. The lowest BCUT2D eigenvalue weighted by molar-refractivity contribution is 0.415. The topological polar surface area (TPSA) is 34.1 Å². The molecule has 21 heavy (non-hydrogen) atoms. The van der Waals surface area contributed by atoms with E-state index in [2.05, 4.69) is 29.4 Å². The number of rotatable bonds is 3. The smallest absolute Gasteiger partial charge is 0.131 e. The van der Waals surface area contributed by atoms with E-state index in [9.17, 15) is 0 Å². The number of aryl methyl sites for hydroxylation is 1. The Hall–Kier alpha value is -2.26. The molecule has 3 rings (SSSR count). The van der Waals surface area contributed by atoms with E-state index in [0.29, 0.717) is 0 Å². The maximum absolute atomic E-state index is 5.23. The van der Waals surface area contributed by atoms with Crippen molar-refractivity contribution in [2.45, 2.75) is 6.92 Å². The lowest BCUT2D eigenvalue weighted by atomic mass is 10.1. The summed E-state index contributed by atoms with van der Waals surface area (Å²) in [6.07, 6.45) is 0. The van der Waals surface area contributed by atoms with Crippen LogP contribution in [0.25, 0.3) is 10.9 Å². The number of nitrogens with zero attached hydrogens (tertiary/aromatic N) is 1. The summed E-state index contributed by atoms with van der Waals surface area (Å²) < 4.78 is 5.23. The largest absolute Gasteiger partial charge is 0.497 e. The summed E-state index contributed by atoms with van der Waals surface area (Å²) >= 11 is 0. The van der Waals surface area contributed by atoms with Gasteiger partial charge in [-0.3, -0.25) is 0 Å². The van der Waals surface area contributed by atoms with Crippen molar-refractivity contribution in [2.24, 2.45) is 0 Å². The van der Waals surface area contributed by atoms with E-state index in [0.717, 1.165) is 22.8 Å². The molecule has 2 aromatic carbocycles. The highest BCUT2D eigenvalue weighted by Gasteiger charge is 2.03. The predicted octanol–water partition coefficient (Wildman–Crippen LogP) is 4.72. The van der Waals surface area contributed by atoms with Gasteiger partial charge in [-0.05, 0) is 36.8 Å². The maximum Gasteiger partial charge on any atom is 0.131 e. The van der Waals surface area contributed by atoms with Gasteiger partial charge in [-0.1, -0.05) is 24.3 Å². The highest BCUT2D eigenvalue weighted by molar-refractivity contribution is 5.85. The van der Waals surface area contributed by atoms with Gasteiger partial charge in [0.1, 0.15) is 11.6 Å². The number of hydrogen-bond acceptors (Lipinski definition) is 3. The monoisotopic (exact) mass is 300 g/mol. The maximum atomic E-state index is 5.23. The van der Waals surface area contributed by atoms with Crippen molar-refractivity contribution in [3.8, 4) is 5.75 Å². The molecule has 0 saturated carbocycles. The SMILES string of the molecule is COc1cccc(Nc2cc(C)c3ccccc3n2)c1.Cl. The van der Waals surface area contributed by atoms with Gasteiger partial charge in [-0.15, -0.1) is 12.4 Å². The number of nitrogens with one attached hydrogen (secondary N) is 1. The van der Waals surface area contributed by atoms with Crippen molar-refractivity contribution in [3.63, 3.8) is 0 Å². The first-order valence-corrected chi connectivity index (χ1v) is 6.54. The Morgan fingerprint density at radius 2 is 1.81 bits per heavy atom. The zero-order chi connectivity index (χ0) is 13.9. The zero-order valence-corrected chi connectivity index (χ0v) is 12.8. The fourth-order valence-electron chi connectivity index (χ4n) is 2.26. The molecule has 3 aromatic rings. The van der Waals surface area contributed by atoms with Crippen LogP contribution in [-0.4, -0.2) is 12.1 Å². The average molecular weight is 301 g/mol. The molecule has 1 N–H and O–H groups in total. The standard InChI is InChI=1S/C17H16N2O.ClH/c1-12-10-17(19-16-9-4-3-8-15(12)16)18-13-6-5-7-14(11-13)20-2;/h3-11H,1-2H3,(H,18,19);1H. The van der Waals surface area contributed by atoms with Gasteiger partial charge in [0, 0.05) is 17.1 Å². The molecule has 0 radical (unpaired) electrons. The van der Waals surface area contributed by atoms with Crippen LogP contribution in [0.4, 0.5) is 11.5 Å². The summed E-state index contributed by atoms with van der Waals surface area (Å²) in [5.41, 5.74) is 3.17. The second-order valence-electron chi connectivity index (χ2n) is 4.70. The van der Waals surface area contributed by atoms with Crippen molar-refractivity contribution in [1.82, 2.24) is 4.98 Å². The molecule has 0 atom stereocenters. The lowest BCUT2D eigenvalue weighted by Crippen LogP contribution is -1.95. The molecule has 0 aliphatic rings. The van der Waals surface area contributed by atoms with Gasteiger partial charge in [-0.25, -0.2) is 4.98 Å². The van der Waals surface area contributed by atoms with Gasteiger partial charge in [0.25, 0.3) is 0 Å². The summed E-state index contributed by atoms with van der Waals surface area (Å²) in [5, 5.41) is 4.50. The first-order chi connectivity index (χ1) is 9.76. The minimum atomic E-state index is 0. The van der Waals surface area contributed by atoms with E-state index in [1.54, 1.807) is 7.11 Å². The molecule has 0 unspecified atom stereocenters. The first-order valence-electron chi connectivity index (χ1n) is 6.54. The van der Waals surface area contributed by atoms with Crippen molar-refractivity contribution in [2.75, 3.05) is 12.4 Å². The first kappa shape index (κ1) is 15.1.